The first-order valence-corrected chi connectivity index (χ1v) is 11.8. The molecule has 4 rings (SSSR count). The maximum absolute atomic E-state index is 12.7. The van der Waals surface area contributed by atoms with Crippen LogP contribution in [-0.4, -0.2) is 51.2 Å². The van der Waals surface area contributed by atoms with Crippen molar-refractivity contribution in [3.05, 3.63) is 63.3 Å². The van der Waals surface area contributed by atoms with Crippen LogP contribution in [0, 0.1) is 0 Å². The zero-order chi connectivity index (χ0) is 22.5. The van der Waals surface area contributed by atoms with Crippen molar-refractivity contribution >= 4 is 11.8 Å². The monoisotopic (exact) mass is 436 g/mol. The summed E-state index contributed by atoms with van der Waals surface area (Å²) < 4.78 is 0. The number of aromatic amines is 1. The van der Waals surface area contributed by atoms with Gasteiger partial charge in [-0.25, -0.2) is 4.98 Å². The molecular formula is C25H32N4O3. The molecule has 1 N–H and O–H groups in total. The van der Waals surface area contributed by atoms with E-state index in [-0.39, 0.29) is 23.3 Å². The predicted molar refractivity (Wildman–Crippen MR) is 122 cm³/mol. The highest BCUT2D eigenvalue weighted by Crippen LogP contribution is 2.27. The lowest BCUT2D eigenvalue weighted by molar-refractivity contribution is -0.133. The molecule has 7 heteroatoms. The molecule has 1 aromatic carbocycles. The lowest BCUT2D eigenvalue weighted by Gasteiger charge is -2.32. The highest BCUT2D eigenvalue weighted by atomic mass is 16.2. The quantitative estimate of drug-likeness (QED) is 0.754. The molecule has 1 saturated heterocycles. The normalized spacial score (nSPS) is 16.7. The lowest BCUT2D eigenvalue weighted by Crippen LogP contribution is -2.41. The van der Waals surface area contributed by atoms with Crippen LogP contribution < -0.4 is 5.56 Å². The number of rotatable bonds is 6. The third kappa shape index (κ3) is 5.09. The zero-order valence-electron chi connectivity index (χ0n) is 18.8. The Morgan fingerprint density at radius 2 is 1.75 bits per heavy atom. The average Bonchev–Trinajstić information content (AvgIpc) is 2.83. The van der Waals surface area contributed by atoms with Gasteiger partial charge < -0.3 is 14.8 Å². The fraction of sp³-hybridized carbons (Fsp3) is 0.520. The van der Waals surface area contributed by atoms with Crippen molar-refractivity contribution in [2.75, 3.05) is 19.6 Å². The molecule has 0 atom stereocenters. The van der Waals surface area contributed by atoms with E-state index in [1.165, 1.54) is 5.56 Å². The molecule has 2 aromatic rings. The largest absolute Gasteiger partial charge is 0.343 e. The number of nitrogens with one attached hydrogen (secondary N) is 1. The molecule has 1 fully saturated rings. The van der Waals surface area contributed by atoms with Gasteiger partial charge in [0.1, 0.15) is 5.82 Å². The van der Waals surface area contributed by atoms with Crippen molar-refractivity contribution in [1.82, 2.24) is 19.8 Å². The van der Waals surface area contributed by atoms with Crippen molar-refractivity contribution in [3.63, 3.8) is 0 Å². The highest BCUT2D eigenvalue weighted by molar-refractivity contribution is 5.77. The SMILES string of the molecule is CCCC(=O)N1CCc2nc(C3CCN(C(=O)CCc4ccccc4)CC3)[nH]c(=O)c2C1. The Kier molecular flexibility index (Phi) is 7.02. The second-order valence-electron chi connectivity index (χ2n) is 8.83. The van der Waals surface area contributed by atoms with Gasteiger partial charge in [-0.15, -0.1) is 0 Å². The molecule has 7 nitrogen and oxygen atoms in total. The molecule has 0 unspecified atom stereocenters. The van der Waals surface area contributed by atoms with E-state index >= 15 is 0 Å². The van der Waals surface area contributed by atoms with Crippen LogP contribution in [0.1, 0.15) is 67.6 Å². The van der Waals surface area contributed by atoms with Crippen LogP contribution in [-0.2, 0) is 29.0 Å². The zero-order valence-corrected chi connectivity index (χ0v) is 18.8. The van der Waals surface area contributed by atoms with Crippen LogP contribution in [0.2, 0.25) is 0 Å². The Labute approximate surface area is 188 Å². The minimum atomic E-state index is -0.125. The second kappa shape index (κ2) is 10.1. The minimum absolute atomic E-state index is 0.103. The summed E-state index contributed by atoms with van der Waals surface area (Å²) in [5.74, 6) is 1.19. The summed E-state index contributed by atoms with van der Waals surface area (Å²) >= 11 is 0. The molecule has 2 aliphatic rings. The maximum Gasteiger partial charge on any atom is 0.256 e. The first-order chi connectivity index (χ1) is 15.5. The number of nitrogens with zero attached hydrogens (tertiary/aromatic N) is 3. The molecule has 0 bridgehead atoms. The van der Waals surface area contributed by atoms with Crippen LogP contribution >= 0.6 is 0 Å². The van der Waals surface area contributed by atoms with Gasteiger partial charge in [0.15, 0.2) is 0 Å². The van der Waals surface area contributed by atoms with Gasteiger partial charge in [0.05, 0.1) is 17.8 Å². The topological polar surface area (TPSA) is 86.4 Å². The van der Waals surface area contributed by atoms with Crippen molar-refractivity contribution < 1.29 is 9.59 Å². The number of hydrogen-bond acceptors (Lipinski definition) is 4. The standard InChI is InChI=1S/C25H32N4O3/c1-2-6-22(30)29-16-13-21-20(17-29)25(32)27-24(26-21)19-11-14-28(15-12-19)23(31)10-9-18-7-4-3-5-8-18/h3-5,7-8,19H,2,6,9-17H2,1H3,(H,26,27,32). The molecule has 0 spiro atoms. The number of carbonyl (C=O) groups excluding carboxylic acids is 2. The van der Waals surface area contributed by atoms with Crippen LogP contribution in [0.4, 0.5) is 0 Å². The minimum Gasteiger partial charge on any atom is -0.343 e. The summed E-state index contributed by atoms with van der Waals surface area (Å²) in [4.78, 5) is 49.0. The molecule has 0 saturated carbocycles. The van der Waals surface area contributed by atoms with E-state index in [1.807, 2.05) is 30.0 Å². The third-order valence-corrected chi connectivity index (χ3v) is 6.61. The number of benzene rings is 1. The van der Waals surface area contributed by atoms with Gasteiger partial charge in [0.25, 0.3) is 5.56 Å². The van der Waals surface area contributed by atoms with E-state index in [9.17, 15) is 14.4 Å². The van der Waals surface area contributed by atoms with Gasteiger partial charge in [-0.2, -0.15) is 0 Å². The van der Waals surface area contributed by atoms with E-state index in [1.54, 1.807) is 4.90 Å². The summed E-state index contributed by atoms with van der Waals surface area (Å²) in [5, 5.41) is 0. The highest BCUT2D eigenvalue weighted by Gasteiger charge is 2.28. The number of carbonyl (C=O) groups is 2. The van der Waals surface area contributed by atoms with Gasteiger partial charge in [-0.05, 0) is 31.2 Å². The van der Waals surface area contributed by atoms with Crippen molar-refractivity contribution in [3.8, 4) is 0 Å². The van der Waals surface area contributed by atoms with Gasteiger partial charge in [-0.3, -0.25) is 14.4 Å². The molecule has 170 valence electrons. The molecular weight excluding hydrogens is 404 g/mol. The number of fused-ring (bicyclic) bond motifs is 1. The second-order valence-corrected chi connectivity index (χ2v) is 8.83. The van der Waals surface area contributed by atoms with Crippen LogP contribution in [0.5, 0.6) is 0 Å². The summed E-state index contributed by atoms with van der Waals surface area (Å²) in [6, 6.07) is 10.1. The molecule has 0 aliphatic carbocycles. The predicted octanol–water partition coefficient (Wildman–Crippen LogP) is 2.79. The summed E-state index contributed by atoms with van der Waals surface area (Å²) in [5.41, 5.74) is 2.51. The lowest BCUT2D eigenvalue weighted by atomic mass is 9.94. The van der Waals surface area contributed by atoms with Crippen LogP contribution in [0.25, 0.3) is 0 Å². The Hall–Kier alpha value is -2.96. The average molecular weight is 437 g/mol. The number of H-pyrrole nitrogens is 1. The molecule has 0 radical (unpaired) electrons. The van der Waals surface area contributed by atoms with Gasteiger partial charge in [-0.1, -0.05) is 37.3 Å². The number of piperidine rings is 1. The van der Waals surface area contributed by atoms with E-state index < -0.39 is 0 Å². The number of aryl methyl sites for hydroxylation is 1. The Morgan fingerprint density at radius 1 is 1.03 bits per heavy atom. The van der Waals surface area contributed by atoms with Crippen LogP contribution in [0.3, 0.4) is 0 Å². The Morgan fingerprint density at radius 3 is 2.47 bits per heavy atom. The van der Waals surface area contributed by atoms with E-state index in [0.717, 1.165) is 37.2 Å². The van der Waals surface area contributed by atoms with Gasteiger partial charge in [0, 0.05) is 44.8 Å². The molecule has 3 heterocycles. The number of likely N-dealkylation sites (tertiary alicyclic amines) is 1. The van der Waals surface area contributed by atoms with Gasteiger partial charge in [0.2, 0.25) is 11.8 Å². The van der Waals surface area contributed by atoms with E-state index in [0.29, 0.717) is 51.0 Å². The first-order valence-electron chi connectivity index (χ1n) is 11.8. The molecule has 1 aromatic heterocycles. The van der Waals surface area contributed by atoms with Crippen molar-refractivity contribution in [2.45, 2.75) is 64.3 Å². The molecule has 2 amide bonds. The van der Waals surface area contributed by atoms with Crippen LogP contribution in [0.15, 0.2) is 35.1 Å². The smallest absolute Gasteiger partial charge is 0.256 e. The molecule has 2 aliphatic heterocycles. The summed E-state index contributed by atoms with van der Waals surface area (Å²) in [6.07, 6.45) is 4.84. The number of hydrogen-bond donors (Lipinski definition) is 1. The summed E-state index contributed by atoms with van der Waals surface area (Å²) in [7, 11) is 0. The molecule has 32 heavy (non-hydrogen) atoms. The van der Waals surface area contributed by atoms with E-state index in [2.05, 4.69) is 17.1 Å². The Bertz CT molecular complexity index is 1010. The number of amides is 2. The van der Waals surface area contributed by atoms with Crippen molar-refractivity contribution in [2.24, 2.45) is 0 Å². The van der Waals surface area contributed by atoms with Crippen molar-refractivity contribution in [1.29, 1.82) is 0 Å². The summed E-state index contributed by atoms with van der Waals surface area (Å²) in [6.45, 7) is 4.34. The maximum atomic E-state index is 12.7. The van der Waals surface area contributed by atoms with E-state index in [4.69, 9.17) is 4.98 Å². The first kappa shape index (κ1) is 22.2. The fourth-order valence-electron chi connectivity index (χ4n) is 4.68. The Balaban J connectivity index is 1.34. The number of aromatic nitrogens is 2. The third-order valence-electron chi connectivity index (χ3n) is 6.61. The van der Waals surface area contributed by atoms with Gasteiger partial charge >= 0.3 is 0 Å². The fourth-order valence-corrected chi connectivity index (χ4v) is 4.68.